The van der Waals surface area contributed by atoms with Gasteiger partial charge in [0.1, 0.15) is 19.8 Å². The van der Waals surface area contributed by atoms with Crippen molar-refractivity contribution in [2.45, 2.75) is 251 Å². The van der Waals surface area contributed by atoms with Gasteiger partial charge in [-0.05, 0) is 103 Å². The maximum absolute atomic E-state index is 12.8. The Balaban J connectivity index is 4.03. The summed E-state index contributed by atoms with van der Waals surface area (Å²) in [6.07, 6.45) is 87.1. The van der Waals surface area contributed by atoms with Crippen LogP contribution in [0.4, 0.5) is 0 Å². The molecule has 0 saturated heterocycles. The first-order valence-corrected chi connectivity index (χ1v) is 33.4. The fourth-order valence-electron chi connectivity index (χ4n) is 8.35. The van der Waals surface area contributed by atoms with Gasteiger partial charge in [0.05, 0.1) is 27.7 Å². The minimum atomic E-state index is -4.41. The zero-order valence-electron chi connectivity index (χ0n) is 51.8. The largest absolute Gasteiger partial charge is 0.472 e. The SMILES string of the molecule is CC/C=C\C/C=C\C/C=C\C/C=C\C/C=C\C/C=C\CCCCCCCCCCCCCCCCCCCCCCC(=O)OC(COC(=O)CCC/C=C\C/C=C\C/C=C\C/C=C\C/C=C\CC)COP(=O)(O)OCC[N+](C)(C)C. The smallest absolute Gasteiger partial charge is 0.462 e. The van der Waals surface area contributed by atoms with Crippen LogP contribution in [-0.4, -0.2) is 74.9 Å². The van der Waals surface area contributed by atoms with Gasteiger partial charge in [0, 0.05) is 12.8 Å². The quantitative estimate of drug-likeness (QED) is 0.0211. The first-order chi connectivity index (χ1) is 39.0. The number of carbonyl (C=O) groups is 2. The van der Waals surface area contributed by atoms with Gasteiger partial charge in [0.15, 0.2) is 6.10 Å². The van der Waals surface area contributed by atoms with Crippen molar-refractivity contribution in [2.75, 3.05) is 47.5 Å². The highest BCUT2D eigenvalue weighted by atomic mass is 31.2. The van der Waals surface area contributed by atoms with Crippen molar-refractivity contribution >= 4 is 19.8 Å². The van der Waals surface area contributed by atoms with Gasteiger partial charge in [0.25, 0.3) is 0 Å². The summed E-state index contributed by atoms with van der Waals surface area (Å²) in [5.41, 5.74) is 0. The van der Waals surface area contributed by atoms with E-state index < -0.39 is 32.5 Å². The van der Waals surface area contributed by atoms with Crippen molar-refractivity contribution in [3.63, 3.8) is 0 Å². The van der Waals surface area contributed by atoms with Crippen LogP contribution in [0.2, 0.25) is 0 Å². The summed E-state index contributed by atoms with van der Waals surface area (Å²) in [5, 5.41) is 0. The van der Waals surface area contributed by atoms with Crippen molar-refractivity contribution < 1.29 is 42.1 Å². The van der Waals surface area contributed by atoms with Crippen LogP contribution in [0.3, 0.4) is 0 Å². The highest BCUT2D eigenvalue weighted by molar-refractivity contribution is 7.47. The van der Waals surface area contributed by atoms with Crippen molar-refractivity contribution in [3.05, 3.63) is 134 Å². The van der Waals surface area contributed by atoms with Gasteiger partial charge in [-0.3, -0.25) is 18.6 Å². The molecule has 2 unspecified atom stereocenters. The number of nitrogens with zero attached hydrogens (tertiary/aromatic N) is 1. The number of ether oxygens (including phenoxy) is 2. The second-order valence-corrected chi connectivity index (χ2v) is 23.5. The summed E-state index contributed by atoms with van der Waals surface area (Å²) in [6.45, 7) is 4.14. The van der Waals surface area contributed by atoms with Gasteiger partial charge in [-0.2, -0.15) is 0 Å². The molecule has 0 bridgehead atoms. The van der Waals surface area contributed by atoms with Crippen LogP contribution in [-0.2, 0) is 32.7 Å². The number of esters is 2. The van der Waals surface area contributed by atoms with E-state index in [1.807, 2.05) is 21.1 Å². The summed E-state index contributed by atoms with van der Waals surface area (Å²) in [5.74, 6) is -0.867. The maximum atomic E-state index is 12.8. The molecule has 0 radical (unpaired) electrons. The highest BCUT2D eigenvalue weighted by Gasteiger charge is 2.27. The van der Waals surface area contributed by atoms with Crippen molar-refractivity contribution in [1.82, 2.24) is 0 Å². The molecule has 0 rings (SSSR count). The number of carbonyl (C=O) groups excluding carboxylic acids is 2. The molecule has 1 N–H and O–H groups in total. The van der Waals surface area contributed by atoms with Crippen LogP contribution in [0.1, 0.15) is 245 Å². The molecule has 0 aromatic carbocycles. The van der Waals surface area contributed by atoms with Gasteiger partial charge in [-0.15, -0.1) is 0 Å². The number of unbranched alkanes of at least 4 members (excludes halogenated alkanes) is 21. The number of hydrogen-bond acceptors (Lipinski definition) is 7. The Morgan fingerprint density at radius 1 is 0.388 bits per heavy atom. The molecular formula is C70H119NO8P+. The van der Waals surface area contributed by atoms with Gasteiger partial charge < -0.3 is 18.9 Å². The van der Waals surface area contributed by atoms with Crippen LogP contribution >= 0.6 is 7.82 Å². The predicted octanol–water partition coefficient (Wildman–Crippen LogP) is 20.5. The molecule has 0 amide bonds. The molecule has 2 atom stereocenters. The third-order valence-corrected chi connectivity index (χ3v) is 14.2. The van der Waals surface area contributed by atoms with E-state index in [0.717, 1.165) is 96.3 Å². The number of likely N-dealkylation sites (N-methyl/N-ethyl adjacent to an activating group) is 1. The standard InChI is InChI=1S/C70H118NO8P/c1-6-8-10-12-14-16-18-20-22-24-25-26-27-28-29-30-31-32-33-34-35-36-37-38-39-40-41-42-43-44-45-47-49-51-53-55-57-59-61-63-70(73)79-68(67-78-80(74,75)77-65-64-71(3,4)5)66-76-69(72)62-60-58-56-54-52-50-48-46-23-21-19-17-15-13-11-9-7-2/h8-11,14-17,20-23,25-26,28-29,31-32,48,50,54,56,68H,6-7,12-13,18-19,24,27,30,33-47,49,51-53,55,57-67H2,1-5H3/p+1/b10-8-,11-9-,16-14-,17-15-,22-20-,23-21-,26-25-,29-28-,32-31-,50-48-,56-54-. The molecule has 0 saturated carbocycles. The lowest BCUT2D eigenvalue weighted by molar-refractivity contribution is -0.870. The summed E-state index contributed by atoms with van der Waals surface area (Å²) in [6, 6.07) is 0. The molecule has 0 aromatic heterocycles. The Morgan fingerprint density at radius 2 is 0.688 bits per heavy atom. The van der Waals surface area contributed by atoms with Crippen LogP contribution in [0.15, 0.2) is 134 Å². The number of hydrogen-bond donors (Lipinski definition) is 1. The zero-order valence-corrected chi connectivity index (χ0v) is 52.7. The monoisotopic (exact) mass is 1130 g/mol. The fourth-order valence-corrected chi connectivity index (χ4v) is 9.09. The number of phosphoric ester groups is 1. The zero-order chi connectivity index (χ0) is 58.4. The third-order valence-electron chi connectivity index (χ3n) is 13.2. The molecule has 0 aromatic rings. The minimum absolute atomic E-state index is 0.0181. The lowest BCUT2D eigenvalue weighted by Crippen LogP contribution is -2.37. The van der Waals surface area contributed by atoms with Gasteiger partial charge in [-0.1, -0.05) is 263 Å². The number of rotatable bonds is 57. The molecule has 9 nitrogen and oxygen atoms in total. The Hall–Kier alpha value is -3.85. The average Bonchev–Trinajstić information content (AvgIpc) is 3.42. The Kier molecular flexibility index (Phi) is 56.9. The molecule has 0 aliphatic heterocycles. The van der Waals surface area contributed by atoms with Gasteiger partial charge in [-0.25, -0.2) is 4.57 Å². The van der Waals surface area contributed by atoms with Crippen molar-refractivity contribution in [2.24, 2.45) is 0 Å². The summed E-state index contributed by atoms with van der Waals surface area (Å²) in [7, 11) is 1.44. The second-order valence-electron chi connectivity index (χ2n) is 22.0. The Morgan fingerprint density at radius 3 is 1.04 bits per heavy atom. The first kappa shape index (κ1) is 76.1. The normalized spacial score (nSPS) is 14.1. The lowest BCUT2D eigenvalue weighted by atomic mass is 10.0. The molecule has 0 heterocycles. The summed E-state index contributed by atoms with van der Waals surface area (Å²) < 4.78 is 34.5. The Bertz CT molecular complexity index is 1810. The van der Waals surface area contributed by atoms with E-state index >= 15 is 0 Å². The van der Waals surface area contributed by atoms with Gasteiger partial charge in [0.2, 0.25) is 0 Å². The minimum Gasteiger partial charge on any atom is -0.462 e. The number of phosphoric acid groups is 1. The van der Waals surface area contributed by atoms with Crippen LogP contribution in [0.5, 0.6) is 0 Å². The topological polar surface area (TPSA) is 108 Å². The molecule has 0 aliphatic carbocycles. The summed E-state index contributed by atoms with van der Waals surface area (Å²) >= 11 is 0. The van der Waals surface area contributed by atoms with E-state index in [4.69, 9.17) is 18.5 Å². The highest BCUT2D eigenvalue weighted by Crippen LogP contribution is 2.43. The van der Waals surface area contributed by atoms with Crippen LogP contribution in [0.25, 0.3) is 0 Å². The average molecular weight is 1130 g/mol. The van der Waals surface area contributed by atoms with Crippen LogP contribution < -0.4 is 0 Å². The molecule has 0 aliphatic rings. The molecule has 0 spiro atoms. The van der Waals surface area contributed by atoms with Crippen LogP contribution in [0, 0.1) is 0 Å². The van der Waals surface area contributed by atoms with E-state index in [0.29, 0.717) is 23.9 Å². The summed E-state index contributed by atoms with van der Waals surface area (Å²) in [4.78, 5) is 35.7. The Labute approximate surface area is 491 Å². The molecule has 0 fully saturated rings. The first-order valence-electron chi connectivity index (χ1n) is 31.9. The van der Waals surface area contributed by atoms with Gasteiger partial charge >= 0.3 is 19.8 Å². The van der Waals surface area contributed by atoms with E-state index in [-0.39, 0.29) is 26.1 Å². The fraction of sp³-hybridized carbons (Fsp3) is 0.657. The van der Waals surface area contributed by atoms with Crippen molar-refractivity contribution in [3.8, 4) is 0 Å². The van der Waals surface area contributed by atoms with E-state index in [9.17, 15) is 19.0 Å². The van der Waals surface area contributed by atoms with Crippen molar-refractivity contribution in [1.29, 1.82) is 0 Å². The molecular weight excluding hydrogens is 1010 g/mol. The van der Waals surface area contributed by atoms with E-state index in [1.54, 1.807) is 0 Å². The van der Waals surface area contributed by atoms with E-state index in [2.05, 4.69) is 148 Å². The predicted molar refractivity (Wildman–Crippen MR) is 344 cm³/mol. The second kappa shape index (κ2) is 59.8. The number of quaternary nitrogens is 1. The third kappa shape index (κ3) is 63.3. The molecule has 456 valence electrons. The maximum Gasteiger partial charge on any atom is 0.472 e. The van der Waals surface area contributed by atoms with E-state index in [1.165, 1.54) is 109 Å². The number of allylic oxidation sites excluding steroid dienone is 22. The molecule has 80 heavy (non-hydrogen) atoms. The molecule has 10 heteroatoms. The lowest BCUT2D eigenvalue weighted by Gasteiger charge is -2.24.